The fraction of sp³-hybridized carbons (Fsp3) is 0.368. The molecule has 0 aliphatic carbocycles. The third-order valence-electron chi connectivity index (χ3n) is 4.58. The van der Waals surface area contributed by atoms with Crippen molar-refractivity contribution >= 4 is 34.8 Å². The Hall–Kier alpha value is -4.16. The molecule has 0 unspecified atom stereocenters. The number of ether oxygens (including phenoxy) is 2. The second-order valence-electron chi connectivity index (χ2n) is 6.68. The number of urea groups is 1. The Kier molecular flexibility index (Phi) is 6.87. The molecule has 0 atom stereocenters. The van der Waals surface area contributed by atoms with E-state index in [-0.39, 0.29) is 61.7 Å². The van der Waals surface area contributed by atoms with Crippen molar-refractivity contribution in [3.8, 4) is 0 Å². The fourth-order valence-corrected chi connectivity index (χ4v) is 3.06. The Morgan fingerprint density at radius 2 is 2.06 bits per heavy atom. The molecule has 0 saturated carbocycles. The number of aromatic nitrogens is 1. The van der Waals surface area contributed by atoms with Crippen LogP contribution in [0.5, 0.6) is 0 Å². The molecule has 0 bridgehead atoms. The van der Waals surface area contributed by atoms with Gasteiger partial charge in [-0.2, -0.15) is 0 Å². The first-order valence-corrected chi connectivity index (χ1v) is 9.67. The lowest BCUT2D eigenvalue weighted by atomic mass is 10.1. The van der Waals surface area contributed by atoms with Gasteiger partial charge in [-0.05, 0) is 19.4 Å². The molecule has 2 N–H and O–H groups in total. The van der Waals surface area contributed by atoms with Crippen molar-refractivity contribution < 1.29 is 33.2 Å². The van der Waals surface area contributed by atoms with Crippen LogP contribution >= 0.6 is 0 Å². The van der Waals surface area contributed by atoms with Crippen LogP contribution in [0.3, 0.4) is 0 Å². The van der Waals surface area contributed by atoms with E-state index < -0.39 is 28.6 Å². The number of esters is 2. The number of hydrogen-bond acceptors (Lipinski definition) is 9. The van der Waals surface area contributed by atoms with Gasteiger partial charge in [0.2, 0.25) is 0 Å². The van der Waals surface area contributed by atoms with E-state index in [4.69, 9.17) is 13.9 Å². The Labute approximate surface area is 180 Å². The molecule has 0 radical (unpaired) electrons. The minimum Gasteiger partial charge on any atom is -0.463 e. The van der Waals surface area contributed by atoms with Gasteiger partial charge < -0.3 is 24.5 Å². The molecule has 2 aromatic rings. The lowest BCUT2D eigenvalue weighted by Crippen LogP contribution is -2.45. The fourth-order valence-electron chi connectivity index (χ4n) is 3.06. The molecule has 1 aromatic heterocycles. The molecule has 13 heteroatoms. The highest BCUT2D eigenvalue weighted by Crippen LogP contribution is 2.20. The summed E-state index contributed by atoms with van der Waals surface area (Å²) in [6, 6.07) is 3.28. The van der Waals surface area contributed by atoms with Crippen molar-refractivity contribution in [1.82, 2.24) is 15.2 Å². The zero-order valence-electron chi connectivity index (χ0n) is 17.0. The number of nitro groups is 1. The van der Waals surface area contributed by atoms with Gasteiger partial charge in [0.1, 0.15) is 6.61 Å². The maximum atomic E-state index is 12.1. The van der Waals surface area contributed by atoms with Gasteiger partial charge in [-0.3, -0.25) is 19.5 Å². The highest BCUT2D eigenvalue weighted by atomic mass is 16.6. The largest absolute Gasteiger partial charge is 0.463 e. The minimum absolute atomic E-state index is 0.0494. The van der Waals surface area contributed by atoms with Crippen LogP contribution in [0.2, 0.25) is 0 Å². The third-order valence-corrected chi connectivity index (χ3v) is 4.58. The van der Waals surface area contributed by atoms with Crippen molar-refractivity contribution in [1.29, 1.82) is 0 Å². The Balaban J connectivity index is 1.58. The van der Waals surface area contributed by atoms with E-state index in [1.165, 1.54) is 16.7 Å². The molecule has 13 nitrogen and oxygen atoms in total. The van der Waals surface area contributed by atoms with E-state index in [1.807, 2.05) is 0 Å². The molecular weight excluding hydrogens is 428 g/mol. The topological polar surface area (TPSA) is 172 Å². The molecule has 32 heavy (non-hydrogen) atoms. The van der Waals surface area contributed by atoms with Gasteiger partial charge in [0.25, 0.3) is 5.69 Å². The number of oxazole rings is 1. The first-order valence-electron chi connectivity index (χ1n) is 9.67. The first kappa shape index (κ1) is 22.5. The summed E-state index contributed by atoms with van der Waals surface area (Å²) in [5, 5.41) is 15.7. The van der Waals surface area contributed by atoms with Gasteiger partial charge in [-0.25, -0.2) is 14.4 Å². The number of benzene rings is 1. The number of nitrogens with one attached hydrogen (secondary N) is 2. The van der Waals surface area contributed by atoms with Crippen LogP contribution in [-0.2, 0) is 25.6 Å². The van der Waals surface area contributed by atoms with Gasteiger partial charge in [-0.1, -0.05) is 0 Å². The molecule has 1 aromatic carbocycles. The molecular formula is C19H20N4O9. The number of nitrogens with zero attached hydrogens (tertiary/aromatic N) is 2. The summed E-state index contributed by atoms with van der Waals surface area (Å²) < 4.78 is 16.3. The highest BCUT2D eigenvalue weighted by molar-refractivity contribution is 5.93. The van der Waals surface area contributed by atoms with Gasteiger partial charge >= 0.3 is 23.7 Å². The molecule has 170 valence electrons. The number of aryl methyl sites for hydroxylation is 1. The Morgan fingerprint density at radius 1 is 1.28 bits per heavy atom. The van der Waals surface area contributed by atoms with E-state index in [0.717, 1.165) is 6.07 Å². The summed E-state index contributed by atoms with van der Waals surface area (Å²) in [5.41, 5.74) is 0.537. The SMILES string of the molecule is CCOC(=O)C1=C(COC(=O)CCCn2c(=O)oc3cc([N+](=O)[O-])ccc32)NC(=O)NC1. The number of non-ortho nitro benzene ring substituents is 1. The number of carbonyl (C=O) groups excluding carboxylic acids is 3. The smallest absolute Gasteiger partial charge is 0.419 e. The van der Waals surface area contributed by atoms with Crippen LogP contribution in [0, 0.1) is 10.1 Å². The van der Waals surface area contributed by atoms with Crippen molar-refractivity contribution in [3.05, 3.63) is 50.1 Å². The van der Waals surface area contributed by atoms with E-state index in [9.17, 15) is 29.3 Å². The minimum atomic E-state index is -0.699. The molecule has 0 saturated heterocycles. The zero-order valence-corrected chi connectivity index (χ0v) is 17.0. The van der Waals surface area contributed by atoms with Gasteiger partial charge in [0, 0.05) is 19.0 Å². The molecule has 2 heterocycles. The molecule has 0 fully saturated rings. The standard InChI is InChI=1S/C19H20N4O9/c1-2-30-17(25)12-9-20-18(26)21-13(12)10-31-16(24)4-3-7-22-14-6-5-11(23(28)29)8-15(14)32-19(22)27/h5-6,8H,2-4,7,9-10H2,1H3,(H2,20,21,26). The lowest BCUT2D eigenvalue weighted by molar-refractivity contribution is -0.384. The van der Waals surface area contributed by atoms with E-state index in [1.54, 1.807) is 6.92 Å². The average molecular weight is 448 g/mol. The first-order chi connectivity index (χ1) is 15.3. The number of nitro benzene ring substituents is 1. The van der Waals surface area contributed by atoms with Crippen molar-refractivity contribution in [2.24, 2.45) is 0 Å². The van der Waals surface area contributed by atoms with Crippen LogP contribution in [0.15, 0.2) is 38.7 Å². The lowest BCUT2D eigenvalue weighted by Gasteiger charge is -2.21. The molecule has 2 amide bonds. The predicted molar refractivity (Wildman–Crippen MR) is 108 cm³/mol. The average Bonchev–Trinajstić information content (AvgIpc) is 3.06. The maximum Gasteiger partial charge on any atom is 0.419 e. The van der Waals surface area contributed by atoms with Crippen molar-refractivity contribution in [2.75, 3.05) is 19.8 Å². The van der Waals surface area contributed by atoms with Crippen LogP contribution in [0.25, 0.3) is 11.1 Å². The predicted octanol–water partition coefficient (Wildman–Crippen LogP) is 0.956. The summed E-state index contributed by atoms with van der Waals surface area (Å²) in [5.74, 6) is -1.93. The molecule has 1 aliphatic rings. The number of rotatable bonds is 9. The van der Waals surface area contributed by atoms with Gasteiger partial charge in [0.05, 0.1) is 40.9 Å². The second-order valence-corrected chi connectivity index (χ2v) is 6.68. The quantitative estimate of drug-likeness (QED) is 0.322. The van der Waals surface area contributed by atoms with Gasteiger partial charge in [-0.15, -0.1) is 0 Å². The maximum absolute atomic E-state index is 12.1. The van der Waals surface area contributed by atoms with Crippen LogP contribution in [0.4, 0.5) is 10.5 Å². The third kappa shape index (κ3) is 5.11. The Bertz CT molecular complexity index is 1160. The Morgan fingerprint density at radius 3 is 2.78 bits per heavy atom. The number of carbonyl (C=O) groups is 3. The molecule has 0 spiro atoms. The summed E-state index contributed by atoms with van der Waals surface area (Å²) >= 11 is 0. The highest BCUT2D eigenvalue weighted by Gasteiger charge is 2.24. The van der Waals surface area contributed by atoms with E-state index in [2.05, 4.69) is 10.6 Å². The zero-order chi connectivity index (χ0) is 23.3. The second kappa shape index (κ2) is 9.76. The van der Waals surface area contributed by atoms with Crippen LogP contribution in [-0.4, -0.2) is 47.2 Å². The number of amides is 2. The normalized spacial score (nSPS) is 13.5. The summed E-state index contributed by atoms with van der Waals surface area (Å²) in [6.07, 6.45) is 0.169. The molecule has 3 rings (SSSR count). The number of fused-ring (bicyclic) bond motifs is 1. The van der Waals surface area contributed by atoms with Gasteiger partial charge in [0.15, 0.2) is 5.58 Å². The summed E-state index contributed by atoms with van der Waals surface area (Å²) in [6.45, 7) is 1.54. The summed E-state index contributed by atoms with van der Waals surface area (Å²) in [4.78, 5) is 57.8. The van der Waals surface area contributed by atoms with Crippen LogP contribution < -0.4 is 16.4 Å². The summed E-state index contributed by atoms with van der Waals surface area (Å²) in [7, 11) is 0. The van der Waals surface area contributed by atoms with E-state index >= 15 is 0 Å². The van der Waals surface area contributed by atoms with Crippen molar-refractivity contribution in [3.63, 3.8) is 0 Å². The number of hydrogen-bond donors (Lipinski definition) is 2. The van der Waals surface area contributed by atoms with E-state index in [0.29, 0.717) is 5.52 Å². The molecule has 1 aliphatic heterocycles. The van der Waals surface area contributed by atoms with Crippen molar-refractivity contribution in [2.45, 2.75) is 26.3 Å². The monoisotopic (exact) mass is 448 g/mol. The van der Waals surface area contributed by atoms with Crippen LogP contribution in [0.1, 0.15) is 19.8 Å².